The molecule has 0 saturated heterocycles. The molecule has 0 aromatic heterocycles. The van der Waals surface area contributed by atoms with Crippen LogP contribution >= 0.6 is 0 Å². The summed E-state index contributed by atoms with van der Waals surface area (Å²) in [6, 6.07) is 0. The highest BCUT2D eigenvalue weighted by molar-refractivity contribution is 4.72. The van der Waals surface area contributed by atoms with Crippen LogP contribution in [0.15, 0.2) is 0 Å². The van der Waals surface area contributed by atoms with Gasteiger partial charge < -0.3 is 9.94 Å². The molecule has 1 unspecified atom stereocenters. The molecule has 1 atom stereocenters. The minimum absolute atomic E-state index is 0.282. The van der Waals surface area contributed by atoms with Gasteiger partial charge in [-0.1, -0.05) is 19.3 Å². The van der Waals surface area contributed by atoms with E-state index in [-0.39, 0.29) is 12.7 Å². The molecule has 1 aliphatic rings. The van der Waals surface area contributed by atoms with Gasteiger partial charge in [0.05, 0.1) is 12.7 Å². The van der Waals surface area contributed by atoms with E-state index in [0.29, 0.717) is 5.92 Å². The summed E-state index contributed by atoms with van der Waals surface area (Å²) in [7, 11) is 0. The standard InChI is InChI=1S/C8H17NO2/c9-11-6-8(10)7-4-2-1-3-5-7/h7-8,10H,1-6,9H2. The predicted molar refractivity (Wildman–Crippen MR) is 42.7 cm³/mol. The molecule has 0 aromatic carbocycles. The van der Waals surface area contributed by atoms with Crippen molar-refractivity contribution in [3.8, 4) is 0 Å². The summed E-state index contributed by atoms with van der Waals surface area (Å²) in [4.78, 5) is 4.41. The number of nitrogens with two attached hydrogens (primary N) is 1. The summed E-state index contributed by atoms with van der Waals surface area (Å²) in [5, 5.41) is 9.47. The largest absolute Gasteiger partial charge is 0.390 e. The van der Waals surface area contributed by atoms with Crippen LogP contribution in [0.4, 0.5) is 0 Å². The first-order valence-electron chi connectivity index (χ1n) is 4.34. The summed E-state index contributed by atoms with van der Waals surface area (Å²) in [6.45, 7) is 0.282. The second kappa shape index (κ2) is 4.70. The summed E-state index contributed by atoms with van der Waals surface area (Å²) in [5.74, 6) is 5.30. The third-order valence-electron chi connectivity index (χ3n) is 2.46. The molecule has 0 bridgehead atoms. The number of hydrogen-bond acceptors (Lipinski definition) is 3. The van der Waals surface area contributed by atoms with Gasteiger partial charge in [-0.3, -0.25) is 0 Å². The van der Waals surface area contributed by atoms with E-state index in [2.05, 4.69) is 4.84 Å². The van der Waals surface area contributed by atoms with Crippen LogP contribution in [0.3, 0.4) is 0 Å². The van der Waals surface area contributed by atoms with Crippen LogP contribution < -0.4 is 5.90 Å². The molecule has 0 heterocycles. The van der Waals surface area contributed by atoms with Crippen molar-refractivity contribution in [1.29, 1.82) is 0 Å². The molecule has 0 aliphatic heterocycles. The zero-order chi connectivity index (χ0) is 8.10. The molecule has 1 saturated carbocycles. The summed E-state index contributed by atoms with van der Waals surface area (Å²) in [6.07, 6.45) is 5.71. The zero-order valence-electron chi connectivity index (χ0n) is 6.83. The Hall–Kier alpha value is -0.120. The Morgan fingerprint density at radius 2 is 2.00 bits per heavy atom. The first kappa shape index (κ1) is 8.97. The molecule has 0 amide bonds. The van der Waals surface area contributed by atoms with Gasteiger partial charge in [-0.05, 0) is 18.8 Å². The second-order valence-corrected chi connectivity index (χ2v) is 3.30. The van der Waals surface area contributed by atoms with E-state index in [9.17, 15) is 5.11 Å². The normalized spacial score (nSPS) is 23.5. The Morgan fingerprint density at radius 3 is 2.55 bits per heavy atom. The van der Waals surface area contributed by atoms with Gasteiger partial charge in [0.1, 0.15) is 0 Å². The predicted octanol–water partition coefficient (Wildman–Crippen LogP) is 0.818. The molecule has 3 nitrogen and oxygen atoms in total. The quantitative estimate of drug-likeness (QED) is 0.599. The van der Waals surface area contributed by atoms with E-state index in [1.165, 1.54) is 19.3 Å². The van der Waals surface area contributed by atoms with E-state index >= 15 is 0 Å². The molecule has 0 spiro atoms. The van der Waals surface area contributed by atoms with Gasteiger partial charge in [0, 0.05) is 0 Å². The number of aliphatic hydroxyl groups is 1. The lowest BCUT2D eigenvalue weighted by atomic mass is 9.85. The Kier molecular flexibility index (Phi) is 3.83. The van der Waals surface area contributed by atoms with Gasteiger partial charge in [0.15, 0.2) is 0 Å². The lowest BCUT2D eigenvalue weighted by Crippen LogP contribution is -2.28. The Labute approximate surface area is 67.5 Å². The van der Waals surface area contributed by atoms with Crippen molar-refractivity contribution >= 4 is 0 Å². The lowest BCUT2D eigenvalue weighted by Gasteiger charge is -2.25. The van der Waals surface area contributed by atoms with Gasteiger partial charge in [0.25, 0.3) is 0 Å². The highest BCUT2D eigenvalue weighted by Gasteiger charge is 2.21. The molecular formula is C8H17NO2. The Morgan fingerprint density at radius 1 is 1.36 bits per heavy atom. The zero-order valence-corrected chi connectivity index (χ0v) is 6.83. The minimum Gasteiger partial charge on any atom is -0.390 e. The van der Waals surface area contributed by atoms with Crippen molar-refractivity contribution in [3.05, 3.63) is 0 Å². The van der Waals surface area contributed by atoms with Crippen LogP contribution in [-0.2, 0) is 4.84 Å². The Balaban J connectivity index is 2.21. The van der Waals surface area contributed by atoms with E-state index in [1.807, 2.05) is 0 Å². The summed E-state index contributed by atoms with van der Waals surface area (Å²) in [5.41, 5.74) is 0. The van der Waals surface area contributed by atoms with Crippen molar-refractivity contribution < 1.29 is 9.94 Å². The van der Waals surface area contributed by atoms with Gasteiger partial charge in [-0.2, -0.15) is 0 Å². The van der Waals surface area contributed by atoms with Gasteiger partial charge in [-0.25, -0.2) is 5.90 Å². The maximum absolute atomic E-state index is 9.47. The molecule has 0 aromatic rings. The fourth-order valence-electron chi connectivity index (χ4n) is 1.75. The highest BCUT2D eigenvalue weighted by atomic mass is 16.6. The molecule has 11 heavy (non-hydrogen) atoms. The molecule has 1 fully saturated rings. The van der Waals surface area contributed by atoms with Crippen LogP contribution in [0.5, 0.6) is 0 Å². The van der Waals surface area contributed by atoms with E-state index in [4.69, 9.17) is 5.90 Å². The first-order chi connectivity index (χ1) is 5.34. The Bertz CT molecular complexity index is 102. The molecule has 0 radical (unpaired) electrons. The second-order valence-electron chi connectivity index (χ2n) is 3.30. The van der Waals surface area contributed by atoms with E-state index in [1.54, 1.807) is 0 Å². The average molecular weight is 159 g/mol. The summed E-state index contributed by atoms with van der Waals surface area (Å²) >= 11 is 0. The smallest absolute Gasteiger partial charge is 0.0941 e. The summed E-state index contributed by atoms with van der Waals surface area (Å²) < 4.78 is 0. The molecule has 3 N–H and O–H groups in total. The third kappa shape index (κ3) is 2.77. The van der Waals surface area contributed by atoms with Crippen LogP contribution in [-0.4, -0.2) is 17.8 Å². The van der Waals surface area contributed by atoms with Gasteiger partial charge in [0.2, 0.25) is 0 Å². The van der Waals surface area contributed by atoms with Crippen molar-refractivity contribution in [2.45, 2.75) is 38.2 Å². The van der Waals surface area contributed by atoms with Crippen LogP contribution in [0.25, 0.3) is 0 Å². The molecule has 66 valence electrons. The SMILES string of the molecule is NOCC(O)C1CCCCC1. The van der Waals surface area contributed by atoms with Gasteiger partial charge in [-0.15, -0.1) is 0 Å². The monoisotopic (exact) mass is 159 g/mol. The average Bonchev–Trinajstić information content (AvgIpc) is 2.07. The topological polar surface area (TPSA) is 55.5 Å². The first-order valence-corrected chi connectivity index (χ1v) is 4.34. The molecule has 3 heteroatoms. The fourth-order valence-corrected chi connectivity index (χ4v) is 1.75. The van der Waals surface area contributed by atoms with Crippen LogP contribution in [0, 0.1) is 5.92 Å². The van der Waals surface area contributed by atoms with Crippen molar-refractivity contribution in [2.24, 2.45) is 11.8 Å². The molecule has 1 rings (SSSR count). The van der Waals surface area contributed by atoms with Crippen molar-refractivity contribution in [2.75, 3.05) is 6.61 Å². The van der Waals surface area contributed by atoms with Crippen LogP contribution in [0.1, 0.15) is 32.1 Å². The number of hydrogen-bond donors (Lipinski definition) is 2. The minimum atomic E-state index is -0.347. The van der Waals surface area contributed by atoms with Crippen molar-refractivity contribution in [3.63, 3.8) is 0 Å². The fraction of sp³-hybridized carbons (Fsp3) is 1.00. The van der Waals surface area contributed by atoms with E-state index in [0.717, 1.165) is 12.8 Å². The van der Waals surface area contributed by atoms with Crippen molar-refractivity contribution in [1.82, 2.24) is 0 Å². The lowest BCUT2D eigenvalue weighted by molar-refractivity contribution is -0.00545. The maximum atomic E-state index is 9.47. The third-order valence-corrected chi connectivity index (χ3v) is 2.46. The van der Waals surface area contributed by atoms with Gasteiger partial charge >= 0.3 is 0 Å². The van der Waals surface area contributed by atoms with Crippen LogP contribution in [0.2, 0.25) is 0 Å². The molecule has 1 aliphatic carbocycles. The number of rotatable bonds is 3. The highest BCUT2D eigenvalue weighted by Crippen LogP contribution is 2.26. The number of aliphatic hydroxyl groups excluding tert-OH is 1. The molecular weight excluding hydrogens is 142 g/mol. The van der Waals surface area contributed by atoms with E-state index < -0.39 is 0 Å². The maximum Gasteiger partial charge on any atom is 0.0941 e.